The molecule has 2 aromatic carbocycles. The Kier molecular flexibility index (Phi) is 3.57. The predicted molar refractivity (Wildman–Crippen MR) is 80.7 cm³/mol. The summed E-state index contributed by atoms with van der Waals surface area (Å²) in [6.07, 6.45) is 0. The Bertz CT molecular complexity index is 618. The molecule has 0 aliphatic carbocycles. The van der Waals surface area contributed by atoms with E-state index in [-0.39, 0.29) is 0 Å². The molecular formula is C14H12BrNO2S. The van der Waals surface area contributed by atoms with Gasteiger partial charge in [0.2, 0.25) is 6.79 Å². The highest BCUT2D eigenvalue weighted by atomic mass is 79.9. The third kappa shape index (κ3) is 2.82. The highest BCUT2D eigenvalue weighted by molar-refractivity contribution is 9.10. The minimum absolute atomic E-state index is 0.310. The molecule has 5 heteroatoms. The van der Waals surface area contributed by atoms with Gasteiger partial charge >= 0.3 is 0 Å². The summed E-state index contributed by atoms with van der Waals surface area (Å²) in [5.41, 5.74) is 7.95. The second-order valence-corrected chi connectivity index (χ2v) is 6.09. The van der Waals surface area contributed by atoms with Gasteiger partial charge in [-0.05, 0) is 35.9 Å². The van der Waals surface area contributed by atoms with E-state index in [0.29, 0.717) is 6.79 Å². The van der Waals surface area contributed by atoms with E-state index in [2.05, 4.69) is 22.0 Å². The van der Waals surface area contributed by atoms with Crippen molar-refractivity contribution in [2.24, 2.45) is 0 Å². The van der Waals surface area contributed by atoms with Gasteiger partial charge in [-0.2, -0.15) is 0 Å². The van der Waals surface area contributed by atoms with Gasteiger partial charge < -0.3 is 15.2 Å². The number of nitrogen functional groups attached to an aromatic ring is 1. The van der Waals surface area contributed by atoms with E-state index >= 15 is 0 Å². The summed E-state index contributed by atoms with van der Waals surface area (Å²) in [6, 6.07) is 11.9. The average molecular weight is 338 g/mol. The van der Waals surface area contributed by atoms with Gasteiger partial charge in [-0.3, -0.25) is 0 Å². The third-order valence-corrected chi connectivity index (χ3v) is 4.44. The molecule has 98 valence electrons. The van der Waals surface area contributed by atoms with Gasteiger partial charge in [0, 0.05) is 20.8 Å². The van der Waals surface area contributed by atoms with Gasteiger partial charge in [-0.15, -0.1) is 11.8 Å². The quantitative estimate of drug-likeness (QED) is 0.677. The number of fused-ring (bicyclic) bond motifs is 1. The fourth-order valence-electron chi connectivity index (χ4n) is 1.83. The molecule has 19 heavy (non-hydrogen) atoms. The standard InChI is InChI=1S/C14H12BrNO2S/c15-10-2-3-11(16)14(6-10)19-7-9-1-4-12-13(5-9)18-8-17-12/h1-6H,7-8,16H2. The van der Waals surface area contributed by atoms with Crippen LogP contribution in [0.25, 0.3) is 0 Å². The van der Waals surface area contributed by atoms with Gasteiger partial charge in [0.15, 0.2) is 11.5 Å². The highest BCUT2D eigenvalue weighted by Gasteiger charge is 2.13. The van der Waals surface area contributed by atoms with Crippen molar-refractivity contribution in [3.63, 3.8) is 0 Å². The van der Waals surface area contributed by atoms with Crippen molar-refractivity contribution < 1.29 is 9.47 Å². The smallest absolute Gasteiger partial charge is 0.231 e. The van der Waals surface area contributed by atoms with Crippen LogP contribution >= 0.6 is 27.7 Å². The number of rotatable bonds is 3. The zero-order valence-corrected chi connectivity index (χ0v) is 12.5. The van der Waals surface area contributed by atoms with Crippen molar-refractivity contribution in [3.05, 3.63) is 46.4 Å². The number of halogens is 1. The summed E-state index contributed by atoms with van der Waals surface area (Å²) >= 11 is 5.17. The largest absolute Gasteiger partial charge is 0.454 e. The van der Waals surface area contributed by atoms with Crippen LogP contribution in [-0.2, 0) is 5.75 Å². The van der Waals surface area contributed by atoms with Crippen LogP contribution in [0.3, 0.4) is 0 Å². The van der Waals surface area contributed by atoms with Crippen LogP contribution in [0.4, 0.5) is 5.69 Å². The predicted octanol–water partition coefficient (Wildman–Crippen LogP) is 4.05. The number of nitrogens with two attached hydrogens (primary N) is 1. The molecule has 0 radical (unpaired) electrons. The third-order valence-electron chi connectivity index (χ3n) is 2.81. The maximum atomic E-state index is 5.96. The monoisotopic (exact) mass is 337 g/mol. The second kappa shape index (κ2) is 5.35. The van der Waals surface area contributed by atoms with E-state index in [1.807, 2.05) is 30.3 Å². The summed E-state index contributed by atoms with van der Waals surface area (Å²) in [4.78, 5) is 1.08. The van der Waals surface area contributed by atoms with Crippen LogP contribution in [0.5, 0.6) is 11.5 Å². The molecule has 3 rings (SSSR count). The minimum atomic E-state index is 0.310. The lowest BCUT2D eigenvalue weighted by Crippen LogP contribution is -1.92. The van der Waals surface area contributed by atoms with Crippen molar-refractivity contribution in [3.8, 4) is 11.5 Å². The summed E-state index contributed by atoms with van der Waals surface area (Å²) in [5.74, 6) is 2.48. The maximum Gasteiger partial charge on any atom is 0.231 e. The summed E-state index contributed by atoms with van der Waals surface area (Å²) < 4.78 is 11.7. The molecular weight excluding hydrogens is 326 g/mol. The number of anilines is 1. The zero-order chi connectivity index (χ0) is 13.2. The maximum absolute atomic E-state index is 5.96. The first-order valence-corrected chi connectivity index (χ1v) is 7.56. The Labute approximate surface area is 124 Å². The first-order chi connectivity index (χ1) is 9.22. The molecule has 1 aliphatic heterocycles. The molecule has 0 fully saturated rings. The van der Waals surface area contributed by atoms with Crippen molar-refractivity contribution >= 4 is 33.4 Å². The number of benzene rings is 2. The summed E-state index contributed by atoms with van der Waals surface area (Å²) in [6.45, 7) is 0.310. The van der Waals surface area contributed by atoms with Gasteiger partial charge in [-0.1, -0.05) is 22.0 Å². The van der Waals surface area contributed by atoms with E-state index in [0.717, 1.165) is 32.3 Å². The lowest BCUT2D eigenvalue weighted by molar-refractivity contribution is 0.174. The lowest BCUT2D eigenvalue weighted by Gasteiger charge is -2.06. The van der Waals surface area contributed by atoms with Crippen molar-refractivity contribution in [2.75, 3.05) is 12.5 Å². The van der Waals surface area contributed by atoms with E-state index in [9.17, 15) is 0 Å². The van der Waals surface area contributed by atoms with E-state index in [1.54, 1.807) is 11.8 Å². The Morgan fingerprint density at radius 2 is 1.95 bits per heavy atom. The number of thioether (sulfide) groups is 1. The first-order valence-electron chi connectivity index (χ1n) is 5.79. The molecule has 0 unspecified atom stereocenters. The molecule has 2 N–H and O–H groups in total. The fraction of sp³-hybridized carbons (Fsp3) is 0.143. The Morgan fingerprint density at radius 1 is 1.11 bits per heavy atom. The highest BCUT2D eigenvalue weighted by Crippen LogP contribution is 2.35. The number of hydrogen-bond donors (Lipinski definition) is 1. The average Bonchev–Trinajstić information content (AvgIpc) is 2.87. The van der Waals surface area contributed by atoms with Crippen LogP contribution in [0.15, 0.2) is 45.8 Å². The molecule has 3 nitrogen and oxygen atoms in total. The molecule has 0 saturated carbocycles. The van der Waals surface area contributed by atoms with Crippen LogP contribution in [0.2, 0.25) is 0 Å². The van der Waals surface area contributed by atoms with Crippen molar-refractivity contribution in [1.29, 1.82) is 0 Å². The van der Waals surface area contributed by atoms with Crippen LogP contribution in [0, 0.1) is 0 Å². The Morgan fingerprint density at radius 3 is 2.84 bits per heavy atom. The van der Waals surface area contributed by atoms with Gasteiger partial charge in [-0.25, -0.2) is 0 Å². The molecule has 1 heterocycles. The number of hydrogen-bond acceptors (Lipinski definition) is 4. The Hall–Kier alpha value is -1.33. The second-order valence-electron chi connectivity index (χ2n) is 4.16. The van der Waals surface area contributed by atoms with Crippen molar-refractivity contribution in [1.82, 2.24) is 0 Å². The summed E-state index contributed by atoms with van der Waals surface area (Å²) in [7, 11) is 0. The zero-order valence-electron chi connectivity index (χ0n) is 10.1. The van der Waals surface area contributed by atoms with Crippen LogP contribution < -0.4 is 15.2 Å². The van der Waals surface area contributed by atoms with Crippen LogP contribution in [-0.4, -0.2) is 6.79 Å². The molecule has 0 atom stereocenters. The molecule has 0 amide bonds. The van der Waals surface area contributed by atoms with E-state index in [1.165, 1.54) is 5.56 Å². The SMILES string of the molecule is Nc1ccc(Br)cc1SCc1ccc2c(c1)OCO2. The van der Waals surface area contributed by atoms with Crippen LogP contribution in [0.1, 0.15) is 5.56 Å². The number of ether oxygens (including phenoxy) is 2. The first kappa shape index (κ1) is 12.7. The fourth-order valence-corrected chi connectivity index (χ4v) is 3.28. The molecule has 0 saturated heterocycles. The van der Waals surface area contributed by atoms with Gasteiger partial charge in [0.25, 0.3) is 0 Å². The lowest BCUT2D eigenvalue weighted by atomic mass is 10.2. The molecule has 2 aromatic rings. The molecule has 0 aromatic heterocycles. The van der Waals surface area contributed by atoms with E-state index < -0.39 is 0 Å². The Balaban J connectivity index is 1.74. The van der Waals surface area contributed by atoms with Gasteiger partial charge in [0.1, 0.15) is 0 Å². The van der Waals surface area contributed by atoms with Gasteiger partial charge in [0.05, 0.1) is 0 Å². The normalized spacial score (nSPS) is 12.7. The molecule has 0 bridgehead atoms. The molecule has 0 spiro atoms. The van der Waals surface area contributed by atoms with E-state index in [4.69, 9.17) is 15.2 Å². The summed E-state index contributed by atoms with van der Waals surface area (Å²) in [5, 5.41) is 0. The molecule has 1 aliphatic rings. The topological polar surface area (TPSA) is 44.5 Å². The minimum Gasteiger partial charge on any atom is -0.454 e. The van der Waals surface area contributed by atoms with Crippen molar-refractivity contribution in [2.45, 2.75) is 10.6 Å².